The van der Waals surface area contributed by atoms with E-state index in [0.29, 0.717) is 11.5 Å². The van der Waals surface area contributed by atoms with Gasteiger partial charge < -0.3 is 23.5 Å². The number of para-hydroxylation sites is 4. The van der Waals surface area contributed by atoms with E-state index < -0.39 is 0 Å². The summed E-state index contributed by atoms with van der Waals surface area (Å²) < 4.78 is 16.3. The predicted octanol–water partition coefficient (Wildman–Crippen LogP) is 24.6. The summed E-state index contributed by atoms with van der Waals surface area (Å²) in [6.07, 6.45) is 1.92. The average Bonchev–Trinajstić information content (AvgIpc) is 1.59. The van der Waals surface area contributed by atoms with Crippen LogP contribution in [-0.4, -0.2) is 9.55 Å². The molecule has 478 valence electrons. The number of aromatic nitrogens is 2. The number of fused-ring (bicyclic) bond motifs is 8. The minimum Gasteiger partial charge on any atom is -0.509 e. The van der Waals surface area contributed by atoms with E-state index in [9.17, 15) is 0 Å². The number of anilines is 4. The number of hydrogen-bond donors (Lipinski definition) is 0. The molecule has 0 bridgehead atoms. The first kappa shape index (κ1) is 64.9. The van der Waals surface area contributed by atoms with Crippen molar-refractivity contribution in [3.05, 3.63) is 234 Å². The Labute approximate surface area is 567 Å². The summed E-state index contributed by atoms with van der Waals surface area (Å²) in [5.74, 6) is 2.43. The number of furan rings is 1. The van der Waals surface area contributed by atoms with Crippen molar-refractivity contribution < 1.29 is 30.2 Å². The predicted molar refractivity (Wildman–Crippen MR) is 389 cm³/mol. The van der Waals surface area contributed by atoms with Crippen molar-refractivity contribution in [2.75, 3.05) is 9.80 Å². The number of ether oxygens (including phenoxy) is 1. The standard InChI is InChI=1S/C86H89N4O2.Pt/c1-52(2)65-27-24-28-66(53(3)4)78(65)56-44-62(49-64(45-56)91-63-34-35-71-75(50-63)90(77-48-57(38-39-87-77)82(5,6)7)74-37-36-70-69-26-20-23-33-76(69)92-81(70)79(71)74)88-51-89(73-32-22-21-31-72(73)88)80-67(54-40-58(83(8,9)10)46-59(41-54)84(11,12)13)29-25-30-68(80)55-42-60(85(14,15)16)47-61(43-55)86(17,18)19;/h20-48,51-53H,1-19H3;/q-3;. The van der Waals surface area contributed by atoms with E-state index in [4.69, 9.17) is 14.1 Å². The zero-order valence-electron chi connectivity index (χ0n) is 57.9. The molecule has 7 heteroatoms. The summed E-state index contributed by atoms with van der Waals surface area (Å²) in [5.41, 5.74) is 23.0. The Morgan fingerprint density at radius 2 is 0.989 bits per heavy atom. The summed E-state index contributed by atoms with van der Waals surface area (Å²) >= 11 is 0. The maximum absolute atomic E-state index is 7.34. The van der Waals surface area contributed by atoms with Gasteiger partial charge in [0, 0.05) is 83.2 Å². The van der Waals surface area contributed by atoms with Crippen LogP contribution in [0.5, 0.6) is 11.5 Å². The Hall–Kier alpha value is -8.18. The van der Waals surface area contributed by atoms with Gasteiger partial charge in [-0.2, -0.15) is 6.07 Å². The third-order valence-corrected chi connectivity index (χ3v) is 18.8. The second-order valence-corrected chi connectivity index (χ2v) is 31.5. The van der Waals surface area contributed by atoms with Gasteiger partial charge in [0.05, 0.1) is 0 Å². The van der Waals surface area contributed by atoms with Gasteiger partial charge in [0.1, 0.15) is 17.0 Å². The van der Waals surface area contributed by atoms with Crippen LogP contribution in [0.2, 0.25) is 0 Å². The van der Waals surface area contributed by atoms with Crippen LogP contribution in [0.3, 0.4) is 0 Å². The van der Waals surface area contributed by atoms with Crippen molar-refractivity contribution in [3.8, 4) is 50.7 Å². The molecule has 4 heterocycles. The average molecular weight is 1410 g/mol. The van der Waals surface area contributed by atoms with Crippen LogP contribution in [0.4, 0.5) is 22.7 Å². The molecule has 13 rings (SSSR count). The van der Waals surface area contributed by atoms with Crippen molar-refractivity contribution in [2.45, 2.75) is 170 Å². The quantitative estimate of drug-likeness (QED) is 0.128. The fraction of sp³-hybridized carbons (Fsp3) is 0.302. The molecule has 1 aliphatic rings. The third-order valence-electron chi connectivity index (χ3n) is 18.8. The van der Waals surface area contributed by atoms with E-state index >= 15 is 0 Å². The molecule has 3 aromatic heterocycles. The van der Waals surface area contributed by atoms with Gasteiger partial charge in [0.15, 0.2) is 0 Å². The molecule has 6 nitrogen and oxygen atoms in total. The molecule has 0 fully saturated rings. The van der Waals surface area contributed by atoms with Crippen molar-refractivity contribution in [2.24, 2.45) is 0 Å². The second kappa shape index (κ2) is 23.7. The SMILES string of the molecule is CC(C)c1cccc(C(C)C)c1-c1cc(Oc2[c-]c3c(cc2)c2c4oc5ccccc5c4ccc2n3-c2cc(C(C)(C)C)ccn2)[c-]c(N2[CH-]N(c3c(-c4cc(C(C)(C)C)cc(C(C)(C)C)c4)cccc3-c3cc(C(C)(C)C)cc(C(C)(C)C)c3)c3ccccc32)c1.[Pt]. The maximum Gasteiger partial charge on any atom is 0.135 e. The molecule has 9 aromatic carbocycles. The molecule has 0 radical (unpaired) electrons. The number of nitrogens with zero attached hydrogens (tertiary/aromatic N) is 4. The Morgan fingerprint density at radius 1 is 0.462 bits per heavy atom. The van der Waals surface area contributed by atoms with Crippen LogP contribution >= 0.6 is 0 Å². The van der Waals surface area contributed by atoms with Gasteiger partial charge in [-0.15, -0.1) is 48.3 Å². The smallest absolute Gasteiger partial charge is 0.135 e. The Kier molecular flexibility index (Phi) is 16.5. The summed E-state index contributed by atoms with van der Waals surface area (Å²) in [4.78, 5) is 9.85. The van der Waals surface area contributed by atoms with Crippen molar-refractivity contribution in [3.63, 3.8) is 0 Å². The van der Waals surface area contributed by atoms with Crippen LogP contribution in [0.15, 0.2) is 180 Å². The number of benzene rings is 9. The van der Waals surface area contributed by atoms with E-state index in [0.717, 1.165) is 89.0 Å². The topological polar surface area (TPSA) is 46.7 Å². The largest absolute Gasteiger partial charge is 0.509 e. The van der Waals surface area contributed by atoms with Crippen LogP contribution in [0.1, 0.15) is 182 Å². The molecule has 0 amide bonds. The second-order valence-electron chi connectivity index (χ2n) is 31.5. The Balaban J connectivity index is 0.00000832. The monoisotopic (exact) mass is 1400 g/mol. The van der Waals surface area contributed by atoms with Gasteiger partial charge in [-0.25, -0.2) is 4.98 Å². The van der Waals surface area contributed by atoms with Crippen molar-refractivity contribution in [1.82, 2.24) is 9.55 Å². The minimum atomic E-state index is -0.110. The molecular weight excluding hydrogens is 1320 g/mol. The third kappa shape index (κ3) is 12.0. The first-order valence-corrected chi connectivity index (χ1v) is 33.0. The molecular formula is C86H89N4O2Pt-3. The fourth-order valence-corrected chi connectivity index (χ4v) is 13.4. The van der Waals surface area contributed by atoms with Crippen LogP contribution in [0.25, 0.3) is 82.9 Å². The maximum atomic E-state index is 7.34. The number of rotatable bonds is 10. The van der Waals surface area contributed by atoms with Gasteiger partial charge in [-0.05, 0) is 142 Å². The van der Waals surface area contributed by atoms with Gasteiger partial charge in [-0.3, -0.25) is 0 Å². The van der Waals surface area contributed by atoms with Crippen LogP contribution in [0, 0.1) is 18.8 Å². The molecule has 0 unspecified atom stereocenters. The van der Waals surface area contributed by atoms with E-state index in [1.807, 2.05) is 24.4 Å². The summed E-state index contributed by atoms with van der Waals surface area (Å²) in [7, 11) is 0. The van der Waals surface area contributed by atoms with Gasteiger partial charge in [0.25, 0.3) is 0 Å². The van der Waals surface area contributed by atoms with Crippen molar-refractivity contribution >= 4 is 66.5 Å². The molecule has 0 saturated heterocycles. The Bertz CT molecular complexity index is 4680. The van der Waals surface area contributed by atoms with Gasteiger partial charge in [0.2, 0.25) is 0 Å². The normalized spacial score (nSPS) is 13.3. The van der Waals surface area contributed by atoms with E-state index in [1.165, 1.54) is 55.6 Å². The van der Waals surface area contributed by atoms with Crippen LogP contribution in [-0.2, 0) is 48.1 Å². The molecule has 0 aliphatic carbocycles. The zero-order valence-corrected chi connectivity index (χ0v) is 60.2. The first-order valence-electron chi connectivity index (χ1n) is 33.0. The van der Waals surface area contributed by atoms with E-state index in [2.05, 4.69) is 316 Å². The minimum absolute atomic E-state index is 0. The molecule has 0 saturated carbocycles. The van der Waals surface area contributed by atoms with Gasteiger partial charge in [-0.1, -0.05) is 246 Å². The molecule has 0 N–H and O–H groups in total. The Morgan fingerprint density at radius 3 is 1.55 bits per heavy atom. The molecule has 1 aliphatic heterocycles. The zero-order chi connectivity index (χ0) is 65.3. The first-order chi connectivity index (χ1) is 43.4. The summed E-state index contributed by atoms with van der Waals surface area (Å²) in [5, 5.41) is 4.15. The van der Waals surface area contributed by atoms with Crippen LogP contribution < -0.4 is 14.5 Å². The number of hydrogen-bond acceptors (Lipinski definition) is 5. The van der Waals surface area contributed by atoms with E-state index in [1.54, 1.807) is 0 Å². The molecule has 12 aromatic rings. The molecule has 93 heavy (non-hydrogen) atoms. The fourth-order valence-electron chi connectivity index (χ4n) is 13.4. The van der Waals surface area contributed by atoms with Crippen molar-refractivity contribution in [1.29, 1.82) is 0 Å². The number of pyridine rings is 1. The summed E-state index contributed by atoms with van der Waals surface area (Å²) in [6.45, 7) is 46.2. The van der Waals surface area contributed by atoms with E-state index in [-0.39, 0.29) is 60.0 Å². The molecule has 0 atom stereocenters. The summed E-state index contributed by atoms with van der Waals surface area (Å²) in [6, 6.07) is 70.7. The molecule has 0 spiro atoms. The van der Waals surface area contributed by atoms with Gasteiger partial charge >= 0.3 is 0 Å².